The van der Waals surface area contributed by atoms with E-state index in [1.54, 1.807) is 0 Å². The molecule has 2 aromatic heterocycles. The molecule has 12 heavy (non-hydrogen) atoms. The molecule has 2 heterocycles. The van der Waals surface area contributed by atoms with E-state index in [1.807, 2.05) is 0 Å². The first-order valence-electron chi connectivity index (χ1n) is 2.78. The van der Waals surface area contributed by atoms with Crippen LogP contribution in [0.25, 0.3) is 0 Å². The van der Waals surface area contributed by atoms with Gasteiger partial charge >= 0.3 is 0 Å². The van der Waals surface area contributed by atoms with Crippen LogP contribution in [0, 0.1) is 0 Å². The van der Waals surface area contributed by atoms with Gasteiger partial charge in [-0.25, -0.2) is 4.98 Å². The Balaban J connectivity index is 2.14. The monoisotopic (exact) mass is 280 g/mol. The van der Waals surface area contributed by atoms with Crippen molar-refractivity contribution in [2.24, 2.45) is 0 Å². The number of rotatable bonds is 2. The molecule has 0 bridgehead atoms. The third kappa shape index (κ3) is 2.00. The molecule has 4 nitrogen and oxygen atoms in total. The highest BCUT2D eigenvalue weighted by Crippen LogP contribution is 2.31. The maximum Gasteiger partial charge on any atom is 0.184 e. The summed E-state index contributed by atoms with van der Waals surface area (Å²) in [4.78, 5) is 4.01. The van der Waals surface area contributed by atoms with Gasteiger partial charge in [0.25, 0.3) is 0 Å². The molecule has 0 atom stereocenters. The Bertz CT molecular complexity index is 358. The van der Waals surface area contributed by atoms with Crippen LogP contribution in [0.5, 0.6) is 0 Å². The van der Waals surface area contributed by atoms with Gasteiger partial charge in [-0.05, 0) is 39.2 Å². The van der Waals surface area contributed by atoms with Crippen molar-refractivity contribution in [2.75, 3.05) is 0 Å². The van der Waals surface area contributed by atoms with Crippen LogP contribution in [0.1, 0.15) is 0 Å². The van der Waals surface area contributed by atoms with Gasteiger partial charge in [0.05, 0.1) is 0 Å². The number of hydrogen-bond donors (Lipinski definition) is 0. The summed E-state index contributed by atoms with van der Waals surface area (Å²) in [5.41, 5.74) is 0. The molecule has 0 N–H and O–H groups in total. The highest BCUT2D eigenvalue weighted by molar-refractivity contribution is 9.11. The minimum absolute atomic E-state index is 0.787. The summed E-state index contributed by atoms with van der Waals surface area (Å²) < 4.78 is 6.43. The van der Waals surface area contributed by atoms with Gasteiger partial charge in [-0.1, -0.05) is 11.3 Å². The highest BCUT2D eigenvalue weighted by Gasteiger charge is 2.05. The first-order chi connectivity index (χ1) is 5.84. The van der Waals surface area contributed by atoms with E-state index in [-0.39, 0.29) is 0 Å². The lowest BCUT2D eigenvalue weighted by molar-refractivity contribution is 0.996. The van der Waals surface area contributed by atoms with Gasteiger partial charge in [0, 0.05) is 0 Å². The minimum Gasteiger partial charge on any atom is -0.216 e. The smallest absolute Gasteiger partial charge is 0.184 e. The van der Waals surface area contributed by atoms with E-state index >= 15 is 0 Å². The van der Waals surface area contributed by atoms with Gasteiger partial charge in [-0.3, -0.25) is 0 Å². The zero-order valence-electron chi connectivity index (χ0n) is 5.47. The first kappa shape index (κ1) is 8.54. The Morgan fingerprint density at radius 1 is 1.33 bits per heavy atom. The van der Waals surface area contributed by atoms with Gasteiger partial charge in [-0.2, -0.15) is 4.37 Å². The molecule has 0 saturated heterocycles. The largest absolute Gasteiger partial charge is 0.216 e. The first-order valence-corrected chi connectivity index (χ1v) is 5.98. The molecule has 2 rings (SSSR count). The van der Waals surface area contributed by atoms with Crippen molar-refractivity contribution in [3.05, 3.63) is 10.2 Å². The fraction of sp³-hybridized carbons (Fsp3) is 0. The van der Waals surface area contributed by atoms with Gasteiger partial charge in [0.1, 0.15) is 6.33 Å². The highest BCUT2D eigenvalue weighted by atomic mass is 79.9. The Morgan fingerprint density at radius 2 is 2.25 bits per heavy atom. The number of halogens is 1. The van der Waals surface area contributed by atoms with E-state index in [0.29, 0.717) is 0 Å². The molecule has 0 radical (unpaired) electrons. The predicted octanol–water partition coefficient (Wildman–Crippen LogP) is 2.30. The zero-order chi connectivity index (χ0) is 8.39. The second-order valence-corrected chi connectivity index (χ2v) is 6.16. The average molecular weight is 281 g/mol. The molecule has 0 aliphatic heterocycles. The molecule has 0 amide bonds. The van der Waals surface area contributed by atoms with Crippen molar-refractivity contribution < 1.29 is 0 Å². The summed E-state index contributed by atoms with van der Waals surface area (Å²) in [5, 5.41) is 7.73. The molecule has 62 valence electrons. The van der Waals surface area contributed by atoms with Crippen LogP contribution in [0.2, 0.25) is 0 Å². The van der Waals surface area contributed by atoms with Crippen molar-refractivity contribution >= 4 is 50.6 Å². The van der Waals surface area contributed by atoms with E-state index in [9.17, 15) is 0 Å². The van der Waals surface area contributed by atoms with Crippen LogP contribution in [0.4, 0.5) is 0 Å². The van der Waals surface area contributed by atoms with Crippen LogP contribution in [-0.4, -0.2) is 19.6 Å². The Labute approximate surface area is 88.7 Å². The van der Waals surface area contributed by atoms with Gasteiger partial charge < -0.3 is 0 Å². The summed E-state index contributed by atoms with van der Waals surface area (Å²) in [6.07, 6.45) is 1.53. The molecule has 0 unspecified atom stereocenters. The maximum absolute atomic E-state index is 4.01. The summed E-state index contributed by atoms with van der Waals surface area (Å²) in [6, 6.07) is 0. The Morgan fingerprint density at radius 3 is 2.83 bits per heavy atom. The minimum atomic E-state index is 0.787. The van der Waals surface area contributed by atoms with Crippen LogP contribution in [-0.2, 0) is 0 Å². The molecule has 0 saturated carbocycles. The second kappa shape index (κ2) is 3.77. The lowest BCUT2D eigenvalue weighted by atomic mass is 11.3. The van der Waals surface area contributed by atoms with E-state index in [1.165, 1.54) is 41.0 Å². The summed E-state index contributed by atoms with van der Waals surface area (Å²) >= 11 is 7.54. The third-order valence-corrected chi connectivity index (χ3v) is 4.02. The summed E-state index contributed by atoms with van der Waals surface area (Å²) in [7, 11) is 0. The molecular weight excluding hydrogens is 280 g/mol. The average Bonchev–Trinajstić information content (AvgIpc) is 2.63. The quantitative estimate of drug-likeness (QED) is 0.845. The molecular formula is C4HBrN4S3. The zero-order valence-corrected chi connectivity index (χ0v) is 9.50. The summed E-state index contributed by atoms with van der Waals surface area (Å²) in [5.74, 6) is 0. The molecule has 0 aromatic carbocycles. The number of hydrogen-bond acceptors (Lipinski definition) is 7. The van der Waals surface area contributed by atoms with E-state index < -0.39 is 0 Å². The Hall–Kier alpha value is -0.0500. The molecule has 0 aliphatic carbocycles. The van der Waals surface area contributed by atoms with Crippen molar-refractivity contribution in [3.63, 3.8) is 0 Å². The maximum atomic E-state index is 4.01. The fourth-order valence-corrected chi connectivity index (χ4v) is 3.61. The van der Waals surface area contributed by atoms with Crippen LogP contribution >= 0.6 is 50.6 Å². The summed E-state index contributed by atoms with van der Waals surface area (Å²) in [6.45, 7) is 0. The standard InChI is InChI=1S/C4HBrN4S3/c5-2-8-9-4(10-2)11-3-6-1-7-12-3/h1H. The van der Waals surface area contributed by atoms with Gasteiger partial charge in [0.15, 0.2) is 12.6 Å². The van der Waals surface area contributed by atoms with Crippen LogP contribution in [0.15, 0.2) is 18.9 Å². The predicted molar refractivity (Wildman–Crippen MR) is 51.6 cm³/mol. The third-order valence-electron chi connectivity index (χ3n) is 0.898. The van der Waals surface area contributed by atoms with E-state index in [4.69, 9.17) is 0 Å². The molecule has 8 heteroatoms. The molecule has 0 fully saturated rings. The van der Waals surface area contributed by atoms with Crippen molar-refractivity contribution in [3.8, 4) is 0 Å². The van der Waals surface area contributed by atoms with Gasteiger partial charge in [0.2, 0.25) is 0 Å². The van der Waals surface area contributed by atoms with Gasteiger partial charge in [-0.15, -0.1) is 10.2 Å². The Kier molecular flexibility index (Phi) is 2.69. The molecule has 0 spiro atoms. The van der Waals surface area contributed by atoms with E-state index in [2.05, 4.69) is 35.5 Å². The lowest BCUT2D eigenvalue weighted by Gasteiger charge is -1.84. The molecule has 2 aromatic rings. The van der Waals surface area contributed by atoms with E-state index in [0.717, 1.165) is 12.6 Å². The normalized spacial score (nSPS) is 10.4. The number of nitrogens with zero attached hydrogens (tertiary/aromatic N) is 4. The van der Waals surface area contributed by atoms with Crippen molar-refractivity contribution in [1.82, 2.24) is 19.6 Å². The molecule has 0 aliphatic rings. The fourth-order valence-electron chi connectivity index (χ4n) is 0.517. The van der Waals surface area contributed by atoms with Crippen molar-refractivity contribution in [2.45, 2.75) is 8.68 Å². The lowest BCUT2D eigenvalue weighted by Crippen LogP contribution is -1.69. The van der Waals surface area contributed by atoms with Crippen molar-refractivity contribution in [1.29, 1.82) is 0 Å². The topological polar surface area (TPSA) is 51.6 Å². The number of aromatic nitrogens is 4. The van der Waals surface area contributed by atoms with Crippen LogP contribution in [0.3, 0.4) is 0 Å². The second-order valence-electron chi connectivity index (χ2n) is 1.63. The van der Waals surface area contributed by atoms with Crippen LogP contribution < -0.4 is 0 Å². The SMILES string of the molecule is Brc1nnc(Sc2ncns2)s1.